The van der Waals surface area contributed by atoms with E-state index in [2.05, 4.69) is 15.5 Å². The Bertz CT molecular complexity index is 508. The van der Waals surface area contributed by atoms with Crippen LogP contribution in [0.3, 0.4) is 0 Å². The first kappa shape index (κ1) is 11.1. The van der Waals surface area contributed by atoms with E-state index in [-0.39, 0.29) is 12.5 Å². The number of aryl methyl sites for hydroxylation is 1. The monoisotopic (exact) mass is 257 g/mol. The fraction of sp³-hybridized carbons (Fsp3) is 0.222. The van der Waals surface area contributed by atoms with E-state index in [4.69, 9.17) is 16.1 Å². The quantitative estimate of drug-likeness (QED) is 0.913. The lowest BCUT2D eigenvalue weighted by Gasteiger charge is -1.98. The molecule has 0 aliphatic carbocycles. The summed E-state index contributed by atoms with van der Waals surface area (Å²) in [6.07, 6.45) is 0. The van der Waals surface area contributed by atoms with Gasteiger partial charge in [-0.3, -0.25) is 4.79 Å². The number of hydrogen-bond donors (Lipinski definition) is 1. The standard InChI is InChI=1S/C9H8ClN3O2S/c1-5-12-8(13-15-5)4-11-9(14)6-2-3-7(10)16-6/h2-3H,4H2,1H3,(H,11,14). The third-order valence-electron chi connectivity index (χ3n) is 1.77. The molecule has 0 unspecified atom stereocenters. The van der Waals surface area contributed by atoms with Crippen LogP contribution >= 0.6 is 22.9 Å². The zero-order valence-electron chi connectivity index (χ0n) is 8.36. The lowest BCUT2D eigenvalue weighted by atomic mass is 10.4. The van der Waals surface area contributed by atoms with E-state index in [1.54, 1.807) is 19.1 Å². The first-order chi connectivity index (χ1) is 7.65. The van der Waals surface area contributed by atoms with Crippen LogP contribution in [0.4, 0.5) is 0 Å². The molecule has 2 rings (SSSR count). The van der Waals surface area contributed by atoms with Crippen LogP contribution < -0.4 is 5.32 Å². The van der Waals surface area contributed by atoms with Gasteiger partial charge in [0.25, 0.3) is 5.91 Å². The smallest absolute Gasteiger partial charge is 0.261 e. The SMILES string of the molecule is Cc1nc(CNC(=O)c2ccc(Cl)s2)no1. The summed E-state index contributed by atoms with van der Waals surface area (Å²) in [6, 6.07) is 3.35. The molecule has 0 fully saturated rings. The maximum atomic E-state index is 11.6. The van der Waals surface area contributed by atoms with Crippen molar-refractivity contribution < 1.29 is 9.32 Å². The van der Waals surface area contributed by atoms with Gasteiger partial charge in [-0.2, -0.15) is 4.98 Å². The average molecular weight is 258 g/mol. The molecule has 0 bridgehead atoms. The van der Waals surface area contributed by atoms with Gasteiger partial charge in [0.15, 0.2) is 5.82 Å². The number of rotatable bonds is 3. The zero-order chi connectivity index (χ0) is 11.5. The summed E-state index contributed by atoms with van der Waals surface area (Å²) in [5.41, 5.74) is 0. The topological polar surface area (TPSA) is 68.0 Å². The van der Waals surface area contributed by atoms with E-state index in [1.165, 1.54) is 11.3 Å². The van der Waals surface area contributed by atoms with Gasteiger partial charge in [0.05, 0.1) is 15.8 Å². The molecule has 5 nitrogen and oxygen atoms in total. The maximum Gasteiger partial charge on any atom is 0.261 e. The molecule has 16 heavy (non-hydrogen) atoms. The van der Waals surface area contributed by atoms with E-state index in [0.717, 1.165) is 0 Å². The molecule has 0 atom stereocenters. The second-order valence-corrected chi connectivity index (χ2v) is 4.73. The number of carbonyl (C=O) groups is 1. The first-order valence-electron chi connectivity index (χ1n) is 4.48. The van der Waals surface area contributed by atoms with Gasteiger partial charge in [0, 0.05) is 6.92 Å². The first-order valence-corrected chi connectivity index (χ1v) is 5.67. The van der Waals surface area contributed by atoms with Gasteiger partial charge >= 0.3 is 0 Å². The molecular weight excluding hydrogens is 250 g/mol. The molecule has 84 valence electrons. The number of amides is 1. The Balaban J connectivity index is 1.93. The van der Waals surface area contributed by atoms with E-state index in [9.17, 15) is 4.79 Å². The fourth-order valence-electron chi connectivity index (χ4n) is 1.10. The lowest BCUT2D eigenvalue weighted by molar-refractivity contribution is 0.0953. The highest BCUT2D eigenvalue weighted by Gasteiger charge is 2.09. The summed E-state index contributed by atoms with van der Waals surface area (Å²) in [6.45, 7) is 1.93. The summed E-state index contributed by atoms with van der Waals surface area (Å²) >= 11 is 6.95. The summed E-state index contributed by atoms with van der Waals surface area (Å²) in [7, 11) is 0. The Labute approximate surface area is 100 Å². The van der Waals surface area contributed by atoms with Crippen LogP contribution in [0.5, 0.6) is 0 Å². The van der Waals surface area contributed by atoms with E-state index in [0.29, 0.717) is 20.9 Å². The Morgan fingerprint density at radius 1 is 1.62 bits per heavy atom. The predicted molar refractivity (Wildman–Crippen MR) is 59.5 cm³/mol. The highest BCUT2D eigenvalue weighted by Crippen LogP contribution is 2.21. The third-order valence-corrected chi connectivity index (χ3v) is 3.00. The van der Waals surface area contributed by atoms with Crippen molar-refractivity contribution in [3.63, 3.8) is 0 Å². The minimum Gasteiger partial charge on any atom is -0.344 e. The fourth-order valence-corrected chi connectivity index (χ4v) is 2.06. The molecule has 2 aromatic heterocycles. The molecule has 0 saturated carbocycles. The van der Waals surface area contributed by atoms with Crippen molar-refractivity contribution in [2.45, 2.75) is 13.5 Å². The molecule has 2 aromatic rings. The van der Waals surface area contributed by atoms with Crippen LogP contribution in [0.1, 0.15) is 21.4 Å². The number of hydrogen-bond acceptors (Lipinski definition) is 5. The van der Waals surface area contributed by atoms with Crippen LogP contribution in [0.15, 0.2) is 16.7 Å². The number of carbonyl (C=O) groups excluding carboxylic acids is 1. The van der Waals surface area contributed by atoms with Crippen molar-refractivity contribution in [1.29, 1.82) is 0 Å². The molecule has 1 amide bonds. The Kier molecular flexibility index (Phi) is 3.21. The van der Waals surface area contributed by atoms with Crippen molar-refractivity contribution >= 4 is 28.8 Å². The number of halogens is 1. The molecule has 2 heterocycles. The van der Waals surface area contributed by atoms with Gasteiger partial charge in [-0.1, -0.05) is 16.8 Å². The van der Waals surface area contributed by atoms with Crippen molar-refractivity contribution in [3.8, 4) is 0 Å². The highest BCUT2D eigenvalue weighted by molar-refractivity contribution is 7.17. The summed E-state index contributed by atoms with van der Waals surface area (Å²) in [5, 5.41) is 6.33. The number of thiophene rings is 1. The molecule has 0 aromatic carbocycles. The third kappa shape index (κ3) is 2.59. The molecule has 0 saturated heterocycles. The van der Waals surface area contributed by atoms with Crippen LogP contribution in [-0.4, -0.2) is 16.0 Å². The lowest BCUT2D eigenvalue weighted by Crippen LogP contribution is -2.22. The molecule has 1 N–H and O–H groups in total. The maximum absolute atomic E-state index is 11.6. The van der Waals surface area contributed by atoms with E-state index < -0.39 is 0 Å². The van der Waals surface area contributed by atoms with Crippen molar-refractivity contribution in [1.82, 2.24) is 15.5 Å². The van der Waals surface area contributed by atoms with E-state index in [1.807, 2.05) is 0 Å². The van der Waals surface area contributed by atoms with Crippen LogP contribution in [0.25, 0.3) is 0 Å². The predicted octanol–water partition coefficient (Wildman–Crippen LogP) is 2.02. The van der Waals surface area contributed by atoms with Gasteiger partial charge in [-0.05, 0) is 12.1 Å². The Morgan fingerprint density at radius 3 is 3.00 bits per heavy atom. The largest absolute Gasteiger partial charge is 0.344 e. The second kappa shape index (κ2) is 4.63. The Morgan fingerprint density at radius 2 is 2.44 bits per heavy atom. The minimum atomic E-state index is -0.195. The summed E-state index contributed by atoms with van der Waals surface area (Å²) in [5.74, 6) is 0.733. The normalized spacial score (nSPS) is 10.4. The average Bonchev–Trinajstić information content (AvgIpc) is 2.84. The number of nitrogens with zero attached hydrogens (tertiary/aromatic N) is 2. The zero-order valence-corrected chi connectivity index (χ0v) is 9.93. The van der Waals surface area contributed by atoms with Crippen LogP contribution in [0, 0.1) is 6.92 Å². The molecule has 0 radical (unpaired) electrons. The van der Waals surface area contributed by atoms with Gasteiger partial charge in [-0.15, -0.1) is 11.3 Å². The van der Waals surface area contributed by atoms with Gasteiger partial charge in [0.1, 0.15) is 0 Å². The molecule has 0 aliphatic rings. The summed E-state index contributed by atoms with van der Waals surface area (Å²) < 4.78 is 5.36. The molecular formula is C9H8ClN3O2S. The van der Waals surface area contributed by atoms with Crippen molar-refractivity contribution in [2.24, 2.45) is 0 Å². The van der Waals surface area contributed by atoms with Crippen molar-refractivity contribution in [3.05, 3.63) is 33.1 Å². The highest BCUT2D eigenvalue weighted by atomic mass is 35.5. The van der Waals surface area contributed by atoms with Crippen LogP contribution in [0.2, 0.25) is 4.34 Å². The van der Waals surface area contributed by atoms with Gasteiger partial charge in [0.2, 0.25) is 5.89 Å². The molecule has 0 spiro atoms. The minimum absolute atomic E-state index is 0.195. The van der Waals surface area contributed by atoms with Crippen molar-refractivity contribution in [2.75, 3.05) is 0 Å². The van der Waals surface area contributed by atoms with Crippen LogP contribution in [-0.2, 0) is 6.54 Å². The molecule has 0 aliphatic heterocycles. The molecule has 7 heteroatoms. The number of aromatic nitrogens is 2. The van der Waals surface area contributed by atoms with Gasteiger partial charge in [-0.25, -0.2) is 0 Å². The van der Waals surface area contributed by atoms with E-state index >= 15 is 0 Å². The summed E-state index contributed by atoms with van der Waals surface area (Å²) in [4.78, 5) is 16.1. The van der Waals surface area contributed by atoms with Gasteiger partial charge < -0.3 is 9.84 Å². The number of nitrogens with one attached hydrogen (secondary N) is 1. The second-order valence-electron chi connectivity index (χ2n) is 3.02. The Hall–Kier alpha value is -1.40.